The van der Waals surface area contributed by atoms with Crippen molar-refractivity contribution < 1.29 is 9.90 Å². The van der Waals surface area contributed by atoms with Crippen molar-refractivity contribution in [2.75, 3.05) is 6.54 Å². The van der Waals surface area contributed by atoms with E-state index in [9.17, 15) is 4.79 Å². The fourth-order valence-electron chi connectivity index (χ4n) is 1.49. The minimum Gasteiger partial charge on any atom is -0.480 e. The van der Waals surface area contributed by atoms with Crippen molar-refractivity contribution >= 4 is 5.97 Å². The van der Waals surface area contributed by atoms with Gasteiger partial charge < -0.3 is 16.6 Å². The molecule has 0 spiro atoms. The van der Waals surface area contributed by atoms with Crippen LogP contribution in [0.25, 0.3) is 0 Å². The smallest absolute Gasteiger partial charge is 0.324 e. The van der Waals surface area contributed by atoms with Gasteiger partial charge in [-0.25, -0.2) is 0 Å². The van der Waals surface area contributed by atoms with Gasteiger partial charge >= 0.3 is 5.97 Å². The minimum absolute atomic E-state index is 0.273. The van der Waals surface area contributed by atoms with Gasteiger partial charge in [-0.15, -0.1) is 0 Å². The summed E-state index contributed by atoms with van der Waals surface area (Å²) in [4.78, 5) is 11.0. The predicted octanol–water partition coefficient (Wildman–Crippen LogP) is 0.360. The van der Waals surface area contributed by atoms with Crippen LogP contribution >= 0.6 is 0 Å². The molecule has 1 rings (SSSR count). The van der Waals surface area contributed by atoms with Gasteiger partial charge in [0.1, 0.15) is 5.54 Å². The molecule has 0 bridgehead atoms. The first-order valence-electron chi connectivity index (χ1n) is 4.85. The average molecular weight is 208 g/mol. The van der Waals surface area contributed by atoms with E-state index in [1.54, 1.807) is 0 Å². The van der Waals surface area contributed by atoms with Crippen LogP contribution in [0.4, 0.5) is 0 Å². The lowest BCUT2D eigenvalue weighted by molar-refractivity contribution is -0.143. The van der Waals surface area contributed by atoms with Crippen molar-refractivity contribution in [2.45, 2.75) is 18.4 Å². The van der Waals surface area contributed by atoms with Crippen LogP contribution in [0.5, 0.6) is 0 Å². The van der Waals surface area contributed by atoms with Gasteiger partial charge in [0.2, 0.25) is 0 Å². The number of hydrogen-bond acceptors (Lipinski definition) is 3. The Bertz CT molecular complexity index is 327. The maximum atomic E-state index is 11.0. The standard InChI is InChI=1S/C11H16N2O2/c12-7-6-11(13,10(14)15)8-9-4-2-1-3-5-9/h1-5H,6-8,12-13H2,(H,14,15)/t11-/m0/s1. The number of hydrogen-bond donors (Lipinski definition) is 3. The van der Waals surface area contributed by atoms with Crippen molar-refractivity contribution in [1.82, 2.24) is 0 Å². The molecule has 0 saturated carbocycles. The van der Waals surface area contributed by atoms with Gasteiger partial charge in [-0.3, -0.25) is 4.79 Å². The molecular formula is C11H16N2O2. The van der Waals surface area contributed by atoms with Crippen LogP contribution in [0, 0.1) is 0 Å². The molecule has 82 valence electrons. The summed E-state index contributed by atoms with van der Waals surface area (Å²) in [5.41, 5.74) is 10.8. The molecule has 5 N–H and O–H groups in total. The molecule has 0 radical (unpaired) electrons. The highest BCUT2D eigenvalue weighted by Crippen LogP contribution is 2.14. The van der Waals surface area contributed by atoms with Crippen molar-refractivity contribution in [3.05, 3.63) is 35.9 Å². The van der Waals surface area contributed by atoms with Crippen LogP contribution in [-0.4, -0.2) is 23.2 Å². The summed E-state index contributed by atoms with van der Waals surface area (Å²) >= 11 is 0. The number of nitrogens with two attached hydrogens (primary N) is 2. The van der Waals surface area contributed by atoms with Crippen LogP contribution in [0.1, 0.15) is 12.0 Å². The first kappa shape index (κ1) is 11.7. The maximum absolute atomic E-state index is 11.0. The molecule has 0 aliphatic carbocycles. The number of carboxylic acids is 1. The molecule has 0 aromatic heterocycles. The fraction of sp³-hybridized carbons (Fsp3) is 0.364. The molecule has 0 fully saturated rings. The Labute approximate surface area is 88.9 Å². The summed E-state index contributed by atoms with van der Waals surface area (Å²) in [7, 11) is 0. The van der Waals surface area contributed by atoms with Gasteiger partial charge in [-0.2, -0.15) is 0 Å². The monoisotopic (exact) mass is 208 g/mol. The Morgan fingerprint density at radius 1 is 1.33 bits per heavy atom. The lowest BCUT2D eigenvalue weighted by Gasteiger charge is -2.24. The quantitative estimate of drug-likeness (QED) is 0.651. The third kappa shape index (κ3) is 3.04. The molecule has 0 saturated heterocycles. The third-order valence-corrected chi connectivity index (χ3v) is 2.38. The van der Waals surface area contributed by atoms with Gasteiger partial charge in [0.15, 0.2) is 0 Å². The van der Waals surface area contributed by atoms with E-state index in [-0.39, 0.29) is 13.0 Å². The lowest BCUT2D eigenvalue weighted by atomic mass is 9.89. The van der Waals surface area contributed by atoms with Crippen molar-refractivity contribution in [3.63, 3.8) is 0 Å². The molecule has 1 aromatic rings. The van der Waals surface area contributed by atoms with Gasteiger partial charge in [-0.1, -0.05) is 30.3 Å². The van der Waals surface area contributed by atoms with E-state index >= 15 is 0 Å². The zero-order chi connectivity index (χ0) is 11.3. The molecule has 0 amide bonds. The van der Waals surface area contributed by atoms with E-state index < -0.39 is 11.5 Å². The van der Waals surface area contributed by atoms with Crippen LogP contribution < -0.4 is 11.5 Å². The number of aliphatic carboxylic acids is 1. The molecule has 0 heterocycles. The summed E-state index contributed by atoms with van der Waals surface area (Å²) in [5, 5.41) is 9.04. The van der Waals surface area contributed by atoms with E-state index in [0.717, 1.165) is 5.56 Å². The second kappa shape index (κ2) is 4.91. The normalized spacial score (nSPS) is 14.5. The Balaban J connectivity index is 2.80. The minimum atomic E-state index is -1.25. The Morgan fingerprint density at radius 3 is 2.40 bits per heavy atom. The molecule has 1 aromatic carbocycles. The molecule has 0 aliphatic rings. The summed E-state index contributed by atoms with van der Waals surface area (Å²) in [6.07, 6.45) is 0.581. The van der Waals surface area contributed by atoms with Crippen LogP contribution in [0.15, 0.2) is 30.3 Å². The van der Waals surface area contributed by atoms with E-state index in [1.165, 1.54) is 0 Å². The summed E-state index contributed by atoms with van der Waals surface area (Å²) in [6, 6.07) is 9.33. The van der Waals surface area contributed by atoms with E-state index in [2.05, 4.69) is 0 Å². The zero-order valence-corrected chi connectivity index (χ0v) is 8.52. The number of benzene rings is 1. The second-order valence-corrected chi connectivity index (χ2v) is 3.66. The molecular weight excluding hydrogens is 192 g/mol. The van der Waals surface area contributed by atoms with Gasteiger partial charge in [-0.05, 0) is 18.5 Å². The Kier molecular flexibility index (Phi) is 3.82. The molecule has 0 unspecified atom stereocenters. The highest BCUT2D eigenvalue weighted by molar-refractivity contribution is 5.78. The van der Waals surface area contributed by atoms with Gasteiger partial charge in [0, 0.05) is 6.42 Å². The van der Waals surface area contributed by atoms with Crippen molar-refractivity contribution in [2.24, 2.45) is 11.5 Å². The van der Waals surface area contributed by atoms with Crippen LogP contribution in [0.3, 0.4) is 0 Å². The van der Waals surface area contributed by atoms with Crippen molar-refractivity contribution in [3.8, 4) is 0 Å². The Hall–Kier alpha value is -1.39. The first-order chi connectivity index (χ1) is 7.08. The van der Waals surface area contributed by atoms with Crippen molar-refractivity contribution in [1.29, 1.82) is 0 Å². The third-order valence-electron chi connectivity index (χ3n) is 2.38. The number of rotatable bonds is 5. The van der Waals surface area contributed by atoms with Gasteiger partial charge in [0.25, 0.3) is 0 Å². The molecule has 0 aliphatic heterocycles. The van der Waals surface area contributed by atoms with Crippen LogP contribution in [0.2, 0.25) is 0 Å². The topological polar surface area (TPSA) is 89.3 Å². The Morgan fingerprint density at radius 2 is 1.93 bits per heavy atom. The van der Waals surface area contributed by atoms with E-state index in [0.29, 0.717) is 6.42 Å². The molecule has 4 heteroatoms. The zero-order valence-electron chi connectivity index (χ0n) is 8.52. The number of carbonyl (C=O) groups is 1. The van der Waals surface area contributed by atoms with Gasteiger partial charge in [0.05, 0.1) is 0 Å². The second-order valence-electron chi connectivity index (χ2n) is 3.66. The summed E-state index contributed by atoms with van der Waals surface area (Å²) in [5.74, 6) is -1.00. The first-order valence-corrected chi connectivity index (χ1v) is 4.85. The van der Waals surface area contributed by atoms with Crippen LogP contribution in [-0.2, 0) is 11.2 Å². The highest BCUT2D eigenvalue weighted by atomic mass is 16.4. The summed E-state index contributed by atoms with van der Waals surface area (Å²) < 4.78 is 0. The maximum Gasteiger partial charge on any atom is 0.324 e. The molecule has 4 nitrogen and oxygen atoms in total. The number of carboxylic acid groups (broad SMARTS) is 1. The SMILES string of the molecule is NCC[C@](N)(Cc1ccccc1)C(=O)O. The predicted molar refractivity (Wildman–Crippen MR) is 58.4 cm³/mol. The largest absolute Gasteiger partial charge is 0.480 e. The fourth-order valence-corrected chi connectivity index (χ4v) is 1.49. The molecule has 15 heavy (non-hydrogen) atoms. The van der Waals surface area contributed by atoms with E-state index in [1.807, 2.05) is 30.3 Å². The lowest BCUT2D eigenvalue weighted by Crippen LogP contribution is -2.51. The van der Waals surface area contributed by atoms with E-state index in [4.69, 9.17) is 16.6 Å². The molecule has 1 atom stereocenters. The highest BCUT2D eigenvalue weighted by Gasteiger charge is 2.33. The average Bonchev–Trinajstić information content (AvgIpc) is 2.19. The summed E-state index contributed by atoms with van der Waals surface area (Å²) in [6.45, 7) is 0.273.